The SMILES string of the molecule is NC(=O)c1cc[n+](-c2nc(F)nc(Nc3ccc(SOO[O-])c(N=Nc4c(N)c(N=Nc5ccc(S(=O)(=O)CCOSOO[O-])cc5)cc(S(=O)(=O)[O-])c4N)c3)n2)cc1.[Na+].[Na+].[Na+]. The summed E-state index contributed by atoms with van der Waals surface area (Å²) in [4.78, 5) is 21.7. The van der Waals surface area contributed by atoms with E-state index in [-0.39, 0.29) is 152 Å². The summed E-state index contributed by atoms with van der Waals surface area (Å²) in [6, 6.07) is 12.3. The van der Waals surface area contributed by atoms with Crippen molar-refractivity contribution < 1.29 is 157 Å². The second-order valence-corrected chi connectivity index (χ2v) is 15.6. The minimum absolute atomic E-state index is 0. The van der Waals surface area contributed by atoms with Crippen LogP contribution in [0.2, 0.25) is 0 Å². The van der Waals surface area contributed by atoms with Gasteiger partial charge in [-0.1, -0.05) is 0 Å². The van der Waals surface area contributed by atoms with Gasteiger partial charge < -0.3 is 37.6 Å². The molecular weight excluding hydrogens is 941 g/mol. The minimum atomic E-state index is -5.29. The molecule has 5 aromatic rings. The molecule has 0 atom stereocenters. The number of sulfone groups is 1. The number of nitrogens with zero attached hydrogens (tertiary/aromatic N) is 8. The van der Waals surface area contributed by atoms with Gasteiger partial charge in [-0.2, -0.15) is 9.45 Å². The molecule has 5 rings (SSSR count). The molecule has 2 heterocycles. The van der Waals surface area contributed by atoms with Gasteiger partial charge in [0, 0.05) is 11.3 Å². The number of halogens is 1. The molecule has 0 aliphatic carbocycles. The Labute approximate surface area is 424 Å². The third-order valence-electron chi connectivity index (χ3n) is 7.16. The third-order valence-corrected chi connectivity index (χ3v) is 10.8. The Balaban J connectivity index is 0.00000441. The fourth-order valence-corrected chi connectivity index (χ4v) is 6.92. The number of pyridine rings is 1. The zero-order valence-corrected chi connectivity index (χ0v) is 41.2. The van der Waals surface area contributed by atoms with E-state index >= 15 is 0 Å². The second kappa shape index (κ2) is 25.6. The number of carbonyl (C=O) groups is 1. The number of amides is 1. The monoisotopic (exact) mass is 963 g/mol. The molecule has 3 aromatic carbocycles. The number of nitrogen functional groups attached to an aromatic ring is 2. The largest absolute Gasteiger partial charge is 1.00 e. The van der Waals surface area contributed by atoms with Gasteiger partial charge in [-0.05, 0) is 70.6 Å². The van der Waals surface area contributed by atoms with Crippen molar-refractivity contribution in [2.75, 3.05) is 29.1 Å². The summed E-state index contributed by atoms with van der Waals surface area (Å²) in [6.45, 7) is -0.357. The summed E-state index contributed by atoms with van der Waals surface area (Å²) in [5.74, 6) is -1.69. The predicted molar refractivity (Wildman–Crippen MR) is 193 cm³/mol. The molecule has 0 aliphatic heterocycles. The van der Waals surface area contributed by atoms with Gasteiger partial charge in [-0.3, -0.25) is 19.1 Å². The number of hydrogen-bond donors (Lipinski definition) is 4. The molecule has 0 saturated carbocycles. The van der Waals surface area contributed by atoms with Crippen LogP contribution in [0.5, 0.6) is 0 Å². The summed E-state index contributed by atoms with van der Waals surface area (Å²) in [5, 5.41) is 45.4. The van der Waals surface area contributed by atoms with Gasteiger partial charge in [0.25, 0.3) is 0 Å². The van der Waals surface area contributed by atoms with E-state index in [1.54, 1.807) is 0 Å². The number of nitrogens with one attached hydrogen (secondary N) is 1. The molecule has 25 nitrogen and oxygen atoms in total. The second-order valence-electron chi connectivity index (χ2n) is 10.9. The molecule has 0 spiro atoms. The minimum Gasteiger partial charge on any atom is -0.744 e. The van der Waals surface area contributed by atoms with Gasteiger partial charge >= 0.3 is 107 Å². The number of benzene rings is 3. The molecule has 62 heavy (non-hydrogen) atoms. The number of rotatable bonds is 19. The zero-order valence-electron chi connectivity index (χ0n) is 32.0. The first-order chi connectivity index (χ1) is 28.1. The summed E-state index contributed by atoms with van der Waals surface area (Å²) < 4.78 is 90.5. The fourth-order valence-electron chi connectivity index (χ4n) is 4.48. The van der Waals surface area contributed by atoms with E-state index in [1.165, 1.54) is 71.6 Å². The van der Waals surface area contributed by atoms with Crippen LogP contribution in [0.3, 0.4) is 0 Å². The number of hydrogen-bond acceptors (Lipinski definition) is 25. The average molecular weight is 964 g/mol. The first-order valence-corrected chi connectivity index (χ1v) is 19.9. The van der Waals surface area contributed by atoms with Gasteiger partial charge in [-0.25, -0.2) is 21.4 Å². The van der Waals surface area contributed by atoms with Crippen molar-refractivity contribution in [2.24, 2.45) is 26.2 Å². The molecule has 0 aliphatic rings. The Hall–Kier alpha value is -2.90. The molecular formula is C29H23FN12Na3O13S4+. The molecule has 2 aromatic heterocycles. The van der Waals surface area contributed by atoms with Gasteiger partial charge in [0.05, 0.1) is 68.5 Å². The Morgan fingerprint density at radius 2 is 1.50 bits per heavy atom. The van der Waals surface area contributed by atoms with Crippen molar-refractivity contribution in [3.05, 3.63) is 84.7 Å². The average Bonchev–Trinajstić information content (AvgIpc) is 3.19. The van der Waals surface area contributed by atoms with Crippen LogP contribution in [0, 0.1) is 6.08 Å². The molecule has 0 bridgehead atoms. The molecule has 0 saturated heterocycles. The Bertz CT molecular complexity index is 2630. The molecule has 0 unspecified atom stereocenters. The van der Waals surface area contributed by atoms with Gasteiger partial charge in [-0.15, -0.1) is 29.1 Å². The number of aromatic nitrogens is 4. The number of azo groups is 2. The van der Waals surface area contributed by atoms with Crippen molar-refractivity contribution in [3.8, 4) is 5.95 Å². The van der Waals surface area contributed by atoms with Crippen LogP contribution in [0.1, 0.15) is 10.4 Å². The first kappa shape index (κ1) is 55.2. The molecule has 1 amide bonds. The topological polar surface area (TPSA) is 383 Å². The van der Waals surface area contributed by atoms with E-state index in [9.17, 15) is 41.1 Å². The van der Waals surface area contributed by atoms with Crippen LogP contribution in [-0.2, 0) is 42.9 Å². The molecule has 7 N–H and O–H groups in total. The van der Waals surface area contributed by atoms with Crippen molar-refractivity contribution in [1.29, 1.82) is 0 Å². The smallest absolute Gasteiger partial charge is 0.744 e. The maximum Gasteiger partial charge on any atom is 1.00 e. The Morgan fingerprint density at radius 1 is 0.839 bits per heavy atom. The third kappa shape index (κ3) is 15.4. The van der Waals surface area contributed by atoms with E-state index in [1.807, 2.05) is 0 Å². The van der Waals surface area contributed by atoms with Crippen LogP contribution in [-0.4, -0.2) is 54.6 Å². The summed E-state index contributed by atoms with van der Waals surface area (Å²) in [5.41, 5.74) is 15.6. The van der Waals surface area contributed by atoms with Gasteiger partial charge in [0.1, 0.15) is 27.2 Å². The number of nitrogens with two attached hydrogens (primary N) is 3. The predicted octanol–water partition coefficient (Wildman–Crippen LogP) is -7.15. The van der Waals surface area contributed by atoms with E-state index in [0.29, 0.717) is 12.0 Å². The van der Waals surface area contributed by atoms with Crippen LogP contribution in [0.25, 0.3) is 5.95 Å². The Kier molecular flexibility index (Phi) is 22.8. The van der Waals surface area contributed by atoms with Gasteiger partial charge in [0.2, 0.25) is 5.91 Å². The fraction of sp³-hybridized carbons (Fsp3) is 0.0690. The summed E-state index contributed by atoms with van der Waals surface area (Å²) in [7, 11) is -9.15. The van der Waals surface area contributed by atoms with Crippen molar-refractivity contribution in [3.63, 3.8) is 0 Å². The van der Waals surface area contributed by atoms with Crippen LogP contribution < -0.4 is 126 Å². The first-order valence-electron chi connectivity index (χ1n) is 15.5. The standard InChI is InChI=1S/C29H25FN12O13S4.3Na/c30-27-35-28(37-29(36-27)42-9-7-15(8-10-42)26(33)43)34-17-3-6-21(56-54-52-44)19(13-17)39-41-25-23(31)20(14-22(24(25)32)59(48,49)50)40-38-16-1-4-18(5-2-16)58(46,47)12-11-51-57-55-53-45;;;/h1-10,13-14H,11-12H2,(H9-,31,32,33,34,35,36,37,38,39,43,44,45,48,49,50);;;/q;3*+1/p-2. The summed E-state index contributed by atoms with van der Waals surface area (Å²) in [6.07, 6.45) is 1.53. The van der Waals surface area contributed by atoms with E-state index in [2.05, 4.69) is 59.5 Å². The Morgan fingerprint density at radius 3 is 2.13 bits per heavy atom. The van der Waals surface area contributed by atoms with E-state index in [0.717, 1.165) is 6.07 Å². The van der Waals surface area contributed by atoms with Crippen LogP contribution in [0.15, 0.2) is 108 Å². The summed E-state index contributed by atoms with van der Waals surface area (Å²) >= 11 is 0.520. The molecule has 0 fully saturated rings. The van der Waals surface area contributed by atoms with Crippen LogP contribution in [0.4, 0.5) is 50.2 Å². The molecule has 310 valence electrons. The van der Waals surface area contributed by atoms with Crippen molar-refractivity contribution in [2.45, 2.75) is 14.7 Å². The zero-order chi connectivity index (χ0) is 42.7. The van der Waals surface area contributed by atoms with E-state index in [4.69, 9.17) is 21.4 Å². The van der Waals surface area contributed by atoms with Gasteiger partial charge in [0.15, 0.2) is 22.2 Å². The van der Waals surface area contributed by atoms with Crippen molar-refractivity contribution in [1.82, 2.24) is 15.0 Å². The number of carbonyl (C=O) groups excluding carboxylic acids is 1. The molecule has 33 heteroatoms. The molecule has 0 radical (unpaired) electrons. The maximum absolute atomic E-state index is 14.5. The normalized spacial score (nSPS) is 11.5. The number of primary amides is 1. The van der Waals surface area contributed by atoms with E-state index < -0.39 is 65.3 Å². The van der Waals surface area contributed by atoms with Crippen LogP contribution >= 0.6 is 24.4 Å². The van der Waals surface area contributed by atoms with Crippen molar-refractivity contribution >= 4 is 96.0 Å². The quantitative estimate of drug-likeness (QED) is 0.00687. The maximum atomic E-state index is 14.5. The number of anilines is 4.